The van der Waals surface area contributed by atoms with E-state index in [0.29, 0.717) is 12.1 Å². The molecule has 0 amide bonds. The second-order valence-electron chi connectivity index (χ2n) is 7.56. The molecular weight excluding hydrogens is 397 g/mol. The Morgan fingerprint density at radius 1 is 1.14 bits per heavy atom. The molecule has 1 aliphatic carbocycles. The average Bonchev–Trinajstić information content (AvgIpc) is 3.30. The van der Waals surface area contributed by atoms with E-state index in [1.165, 1.54) is 0 Å². The number of Topliss-reactive ketones (excluding diaryl/α,β-unsaturated/α-hetero) is 1. The number of ether oxygens (including phenoxy) is 2. The maximum Gasteiger partial charge on any atom is 0.416 e. The van der Waals surface area contributed by atoms with Gasteiger partial charge in [0.15, 0.2) is 5.78 Å². The molecule has 9 heteroatoms. The van der Waals surface area contributed by atoms with E-state index in [2.05, 4.69) is 9.64 Å². The Hall–Kier alpha value is -1.90. The lowest BCUT2D eigenvalue weighted by Crippen LogP contribution is -2.36. The van der Waals surface area contributed by atoms with E-state index in [1.54, 1.807) is 0 Å². The minimum atomic E-state index is -4.79. The van der Waals surface area contributed by atoms with Crippen molar-refractivity contribution in [1.82, 2.24) is 4.90 Å². The van der Waals surface area contributed by atoms with Gasteiger partial charge in [-0.25, -0.2) is 0 Å². The molecule has 29 heavy (non-hydrogen) atoms. The third-order valence-corrected chi connectivity index (χ3v) is 5.78. The lowest BCUT2D eigenvalue weighted by molar-refractivity contribution is -0.138. The van der Waals surface area contributed by atoms with Crippen molar-refractivity contribution in [2.75, 3.05) is 20.2 Å². The summed E-state index contributed by atoms with van der Waals surface area (Å²) in [4.78, 5) is 15.4. The van der Waals surface area contributed by atoms with Crippen molar-refractivity contribution in [3.8, 4) is 11.5 Å². The minimum absolute atomic E-state index is 0.0343. The standard InChI is InChI=1S/C20H24F5NO3/c1-28-16-10-13(20(23,24)25)11-17(29-19(21)22)18(16)15(27)9-12-5-4-6-14(12)26-7-2-3-8-26/h10-12,14,19H,2-9H2,1H3/t12-,14-/m1/s1. The molecular formula is C20H24F5NO3. The van der Waals surface area contributed by atoms with Crippen LogP contribution in [0.3, 0.4) is 0 Å². The Morgan fingerprint density at radius 3 is 2.38 bits per heavy atom. The highest BCUT2D eigenvalue weighted by Crippen LogP contribution is 2.41. The maximum absolute atomic E-state index is 13.1. The zero-order valence-corrected chi connectivity index (χ0v) is 16.1. The Kier molecular flexibility index (Phi) is 6.65. The molecule has 0 radical (unpaired) electrons. The number of hydrogen-bond acceptors (Lipinski definition) is 4. The van der Waals surface area contributed by atoms with Gasteiger partial charge in [0.05, 0.1) is 12.7 Å². The molecule has 4 nitrogen and oxygen atoms in total. The predicted molar refractivity (Wildman–Crippen MR) is 95.5 cm³/mol. The van der Waals surface area contributed by atoms with Crippen molar-refractivity contribution in [2.24, 2.45) is 5.92 Å². The fraction of sp³-hybridized carbons (Fsp3) is 0.650. The molecule has 1 heterocycles. The summed E-state index contributed by atoms with van der Waals surface area (Å²) < 4.78 is 74.3. The lowest BCUT2D eigenvalue weighted by atomic mass is 9.92. The number of benzene rings is 1. The van der Waals surface area contributed by atoms with Gasteiger partial charge in [-0.05, 0) is 56.8 Å². The highest BCUT2D eigenvalue weighted by atomic mass is 19.4. The Bertz CT molecular complexity index is 732. The van der Waals surface area contributed by atoms with Crippen LogP contribution in [0.1, 0.15) is 54.4 Å². The first-order valence-electron chi connectivity index (χ1n) is 9.72. The van der Waals surface area contributed by atoms with Crippen molar-refractivity contribution < 1.29 is 36.2 Å². The van der Waals surface area contributed by atoms with E-state index in [9.17, 15) is 26.7 Å². The Balaban J connectivity index is 1.90. The molecule has 1 aromatic rings. The molecule has 0 N–H and O–H groups in total. The summed E-state index contributed by atoms with van der Waals surface area (Å²) >= 11 is 0. The normalized spacial score (nSPS) is 23.0. The average molecular weight is 421 g/mol. The van der Waals surface area contributed by atoms with Crippen molar-refractivity contribution >= 4 is 5.78 Å². The van der Waals surface area contributed by atoms with Crippen LogP contribution in [0.2, 0.25) is 0 Å². The topological polar surface area (TPSA) is 38.8 Å². The van der Waals surface area contributed by atoms with Crippen molar-refractivity contribution in [3.05, 3.63) is 23.3 Å². The molecule has 1 saturated carbocycles. The highest BCUT2D eigenvalue weighted by molar-refractivity contribution is 6.01. The van der Waals surface area contributed by atoms with Gasteiger partial charge < -0.3 is 14.4 Å². The Labute approximate surface area is 166 Å². The number of methoxy groups -OCH3 is 1. The summed E-state index contributed by atoms with van der Waals surface area (Å²) in [7, 11) is 1.10. The third kappa shape index (κ3) is 4.99. The maximum atomic E-state index is 13.1. The first-order chi connectivity index (χ1) is 13.7. The summed E-state index contributed by atoms with van der Waals surface area (Å²) in [5.74, 6) is -1.71. The van der Waals surface area contributed by atoms with Crippen LogP contribution in [0.25, 0.3) is 0 Å². The highest BCUT2D eigenvalue weighted by Gasteiger charge is 2.38. The van der Waals surface area contributed by atoms with Crippen molar-refractivity contribution in [2.45, 2.75) is 57.4 Å². The summed E-state index contributed by atoms with van der Waals surface area (Å²) in [6.45, 7) is -1.42. The lowest BCUT2D eigenvalue weighted by Gasteiger charge is -2.29. The minimum Gasteiger partial charge on any atom is -0.496 e. The van der Waals surface area contributed by atoms with Gasteiger partial charge >= 0.3 is 12.8 Å². The number of ketones is 1. The van der Waals surface area contributed by atoms with Gasteiger partial charge in [0.1, 0.15) is 17.1 Å². The number of carbonyl (C=O) groups excluding carboxylic acids is 1. The molecule has 2 fully saturated rings. The van der Waals surface area contributed by atoms with E-state index in [4.69, 9.17) is 4.74 Å². The number of halogens is 5. The van der Waals surface area contributed by atoms with Crippen LogP contribution in [0.4, 0.5) is 22.0 Å². The van der Waals surface area contributed by atoms with Gasteiger partial charge in [0.25, 0.3) is 0 Å². The monoisotopic (exact) mass is 421 g/mol. The number of nitrogens with zero attached hydrogens (tertiary/aromatic N) is 1. The van der Waals surface area contributed by atoms with E-state index >= 15 is 0 Å². The molecule has 1 saturated heterocycles. The zero-order valence-electron chi connectivity index (χ0n) is 16.1. The van der Waals surface area contributed by atoms with Crippen LogP contribution >= 0.6 is 0 Å². The van der Waals surface area contributed by atoms with Gasteiger partial charge in [-0.15, -0.1) is 0 Å². The van der Waals surface area contributed by atoms with Gasteiger partial charge in [-0.3, -0.25) is 4.79 Å². The first-order valence-corrected chi connectivity index (χ1v) is 9.72. The molecule has 2 atom stereocenters. The number of alkyl halides is 5. The summed E-state index contributed by atoms with van der Waals surface area (Å²) in [5.41, 5.74) is -1.56. The van der Waals surface area contributed by atoms with Gasteiger partial charge in [0, 0.05) is 12.5 Å². The fourth-order valence-electron chi connectivity index (χ4n) is 4.53. The number of carbonyl (C=O) groups is 1. The molecule has 0 spiro atoms. The number of hydrogen-bond donors (Lipinski definition) is 0. The third-order valence-electron chi connectivity index (χ3n) is 5.78. The molecule has 3 rings (SSSR count). The smallest absolute Gasteiger partial charge is 0.416 e. The van der Waals surface area contributed by atoms with Gasteiger partial charge in [-0.1, -0.05) is 6.42 Å². The van der Waals surface area contributed by atoms with Gasteiger partial charge in [-0.2, -0.15) is 22.0 Å². The van der Waals surface area contributed by atoms with Crippen LogP contribution in [-0.2, 0) is 6.18 Å². The van der Waals surface area contributed by atoms with Gasteiger partial charge in [0.2, 0.25) is 0 Å². The summed E-state index contributed by atoms with van der Waals surface area (Å²) in [6.07, 6.45) is 0.226. The molecule has 0 unspecified atom stereocenters. The summed E-state index contributed by atoms with van der Waals surface area (Å²) in [5, 5.41) is 0. The van der Waals surface area contributed by atoms with E-state index in [1.807, 2.05) is 0 Å². The SMILES string of the molecule is COc1cc(C(F)(F)F)cc(OC(F)F)c1C(=O)C[C@H]1CCC[C@H]1N1CCCC1. The second kappa shape index (κ2) is 8.85. The first kappa shape index (κ1) is 21.8. The van der Waals surface area contributed by atoms with E-state index in [-0.39, 0.29) is 23.9 Å². The predicted octanol–water partition coefficient (Wildman–Crippen LogP) is 5.15. The van der Waals surface area contributed by atoms with Crippen molar-refractivity contribution in [1.29, 1.82) is 0 Å². The molecule has 0 aromatic heterocycles. The molecule has 2 aliphatic rings. The molecule has 0 bridgehead atoms. The number of likely N-dealkylation sites (tertiary alicyclic amines) is 1. The number of rotatable bonds is 7. The molecule has 1 aromatic carbocycles. The molecule has 1 aliphatic heterocycles. The zero-order chi connectivity index (χ0) is 21.2. The van der Waals surface area contributed by atoms with E-state index < -0.39 is 35.6 Å². The summed E-state index contributed by atoms with van der Waals surface area (Å²) in [6, 6.07) is 1.33. The fourth-order valence-corrected chi connectivity index (χ4v) is 4.53. The second-order valence-corrected chi connectivity index (χ2v) is 7.56. The molecule has 162 valence electrons. The van der Waals surface area contributed by atoms with Crippen LogP contribution < -0.4 is 9.47 Å². The van der Waals surface area contributed by atoms with Crippen LogP contribution in [-0.4, -0.2) is 43.5 Å². The Morgan fingerprint density at radius 2 is 1.79 bits per heavy atom. The van der Waals surface area contributed by atoms with Crippen molar-refractivity contribution in [3.63, 3.8) is 0 Å². The van der Waals surface area contributed by atoms with Crippen LogP contribution in [0.15, 0.2) is 12.1 Å². The quantitative estimate of drug-likeness (QED) is 0.451. The van der Waals surface area contributed by atoms with Crippen LogP contribution in [0.5, 0.6) is 11.5 Å². The van der Waals surface area contributed by atoms with E-state index in [0.717, 1.165) is 52.3 Å². The van der Waals surface area contributed by atoms with Crippen LogP contribution in [0, 0.1) is 5.92 Å². The largest absolute Gasteiger partial charge is 0.496 e.